The summed E-state index contributed by atoms with van der Waals surface area (Å²) < 4.78 is 15.8. The zero-order chi connectivity index (χ0) is 15.1. The van der Waals surface area contributed by atoms with Crippen LogP contribution in [0.15, 0.2) is 36.9 Å². The summed E-state index contributed by atoms with van der Waals surface area (Å²) in [5.74, 6) is 0.495. The lowest BCUT2D eigenvalue weighted by molar-refractivity contribution is 0.636. The van der Waals surface area contributed by atoms with Crippen molar-refractivity contribution >= 4 is 16.7 Å². The molecule has 1 aliphatic rings. The van der Waals surface area contributed by atoms with Crippen molar-refractivity contribution < 1.29 is 4.39 Å². The van der Waals surface area contributed by atoms with Gasteiger partial charge < -0.3 is 4.90 Å². The molecule has 22 heavy (non-hydrogen) atoms. The summed E-state index contributed by atoms with van der Waals surface area (Å²) in [6.07, 6.45) is 7.51. The molecular weight excluding hydrogens is 281 g/mol. The minimum atomic E-state index is -0.307. The van der Waals surface area contributed by atoms with Crippen LogP contribution in [-0.2, 0) is 7.05 Å². The van der Waals surface area contributed by atoms with Crippen LogP contribution in [0.2, 0.25) is 0 Å². The largest absolute Gasteiger partial charge is 0.349 e. The third kappa shape index (κ3) is 2.03. The minimum Gasteiger partial charge on any atom is -0.349 e. The number of halogens is 1. The number of aromatic nitrogens is 4. The number of aryl methyl sites for hydroxylation is 1. The fourth-order valence-electron chi connectivity index (χ4n) is 3.25. The van der Waals surface area contributed by atoms with Crippen LogP contribution >= 0.6 is 0 Å². The van der Waals surface area contributed by atoms with E-state index >= 15 is 0 Å². The Morgan fingerprint density at radius 2 is 2.18 bits per heavy atom. The second-order valence-corrected chi connectivity index (χ2v) is 5.63. The molecule has 1 unspecified atom stereocenters. The van der Waals surface area contributed by atoms with E-state index in [-0.39, 0.29) is 11.9 Å². The molecule has 0 N–H and O–H groups in total. The van der Waals surface area contributed by atoms with E-state index in [0.29, 0.717) is 5.52 Å². The number of anilines is 1. The first-order valence-electron chi connectivity index (χ1n) is 7.38. The lowest BCUT2D eigenvalue weighted by atomic mass is 10.1. The van der Waals surface area contributed by atoms with Gasteiger partial charge in [0, 0.05) is 30.7 Å². The molecule has 0 bridgehead atoms. The van der Waals surface area contributed by atoms with Gasteiger partial charge in [0.25, 0.3) is 0 Å². The zero-order valence-electron chi connectivity index (χ0n) is 12.3. The molecule has 1 saturated heterocycles. The zero-order valence-corrected chi connectivity index (χ0v) is 12.3. The van der Waals surface area contributed by atoms with Crippen molar-refractivity contribution in [2.24, 2.45) is 7.05 Å². The number of rotatable bonds is 2. The molecule has 5 nitrogen and oxygen atoms in total. The van der Waals surface area contributed by atoms with Crippen molar-refractivity contribution in [2.75, 3.05) is 11.4 Å². The summed E-state index contributed by atoms with van der Waals surface area (Å²) in [4.78, 5) is 10.8. The number of para-hydroxylation sites is 1. The molecule has 0 amide bonds. The molecule has 3 aromatic rings. The van der Waals surface area contributed by atoms with E-state index in [0.717, 1.165) is 30.6 Å². The average Bonchev–Trinajstić information content (AvgIpc) is 3.15. The van der Waals surface area contributed by atoms with Crippen molar-refractivity contribution in [1.29, 1.82) is 0 Å². The van der Waals surface area contributed by atoms with E-state index in [9.17, 15) is 4.39 Å². The summed E-state index contributed by atoms with van der Waals surface area (Å²) in [6, 6.07) is 5.25. The maximum Gasteiger partial charge on any atom is 0.149 e. The van der Waals surface area contributed by atoms with E-state index < -0.39 is 0 Å². The standard InChI is InChI=1S/C16H16FN5/c1-21-9-11(8-20-21)14-6-3-7-22(14)16-12-4-2-5-13(17)15(12)18-10-19-16/h2,4-5,8-10,14H,3,6-7H2,1H3. The Morgan fingerprint density at radius 1 is 1.27 bits per heavy atom. The van der Waals surface area contributed by atoms with Gasteiger partial charge in [-0.05, 0) is 25.0 Å². The van der Waals surface area contributed by atoms with Crippen molar-refractivity contribution in [2.45, 2.75) is 18.9 Å². The van der Waals surface area contributed by atoms with Gasteiger partial charge in [0.15, 0.2) is 0 Å². The Labute approximate surface area is 127 Å². The van der Waals surface area contributed by atoms with Gasteiger partial charge in [-0.25, -0.2) is 14.4 Å². The molecule has 2 aromatic heterocycles. The van der Waals surface area contributed by atoms with Gasteiger partial charge in [0.2, 0.25) is 0 Å². The topological polar surface area (TPSA) is 46.8 Å². The van der Waals surface area contributed by atoms with Gasteiger partial charge in [0.05, 0.1) is 12.2 Å². The van der Waals surface area contributed by atoms with Gasteiger partial charge in [0.1, 0.15) is 23.5 Å². The quantitative estimate of drug-likeness (QED) is 0.730. The van der Waals surface area contributed by atoms with Crippen LogP contribution in [-0.4, -0.2) is 26.3 Å². The van der Waals surface area contributed by atoms with Crippen LogP contribution in [0.3, 0.4) is 0 Å². The molecule has 1 fully saturated rings. The lowest BCUT2D eigenvalue weighted by Crippen LogP contribution is -2.23. The monoisotopic (exact) mass is 297 g/mol. The number of benzene rings is 1. The number of hydrogen-bond donors (Lipinski definition) is 0. The molecule has 112 valence electrons. The molecule has 0 spiro atoms. The highest BCUT2D eigenvalue weighted by atomic mass is 19.1. The SMILES string of the molecule is Cn1cc(C2CCCN2c2ncnc3c(F)cccc23)cn1. The first-order chi connectivity index (χ1) is 10.7. The maximum atomic E-state index is 14.0. The number of fused-ring (bicyclic) bond motifs is 1. The van der Waals surface area contributed by atoms with Crippen molar-refractivity contribution in [1.82, 2.24) is 19.7 Å². The van der Waals surface area contributed by atoms with Crippen LogP contribution in [0.5, 0.6) is 0 Å². The lowest BCUT2D eigenvalue weighted by Gasteiger charge is -2.25. The van der Waals surface area contributed by atoms with E-state index in [2.05, 4.69) is 20.0 Å². The summed E-state index contributed by atoms with van der Waals surface area (Å²) in [6.45, 7) is 0.905. The molecule has 1 aromatic carbocycles. The van der Waals surface area contributed by atoms with Crippen LogP contribution in [0, 0.1) is 5.82 Å². The third-order valence-corrected chi connectivity index (χ3v) is 4.23. The maximum absolute atomic E-state index is 14.0. The molecular formula is C16H16FN5. The van der Waals surface area contributed by atoms with Crippen LogP contribution in [0.1, 0.15) is 24.4 Å². The van der Waals surface area contributed by atoms with E-state index in [4.69, 9.17) is 0 Å². The Hall–Kier alpha value is -2.50. The van der Waals surface area contributed by atoms with Crippen LogP contribution in [0.4, 0.5) is 10.2 Å². The van der Waals surface area contributed by atoms with E-state index in [1.165, 1.54) is 18.0 Å². The Kier molecular flexibility index (Phi) is 3.03. The highest BCUT2D eigenvalue weighted by Gasteiger charge is 2.29. The fourth-order valence-corrected chi connectivity index (χ4v) is 3.25. The van der Waals surface area contributed by atoms with Crippen molar-refractivity contribution in [3.8, 4) is 0 Å². The molecule has 1 atom stereocenters. The third-order valence-electron chi connectivity index (χ3n) is 4.23. The number of nitrogens with zero attached hydrogens (tertiary/aromatic N) is 5. The Bertz CT molecular complexity index is 828. The van der Waals surface area contributed by atoms with Crippen molar-refractivity contribution in [3.63, 3.8) is 0 Å². The molecule has 1 aliphatic heterocycles. The van der Waals surface area contributed by atoms with Crippen molar-refractivity contribution in [3.05, 3.63) is 48.3 Å². The minimum absolute atomic E-state index is 0.232. The Balaban J connectivity index is 1.82. The smallest absolute Gasteiger partial charge is 0.149 e. The van der Waals surface area contributed by atoms with Gasteiger partial charge in [-0.15, -0.1) is 0 Å². The molecule has 0 saturated carbocycles. The first-order valence-corrected chi connectivity index (χ1v) is 7.38. The molecule has 6 heteroatoms. The second kappa shape index (κ2) is 5.05. The van der Waals surface area contributed by atoms with E-state index in [1.54, 1.807) is 6.07 Å². The summed E-state index contributed by atoms with van der Waals surface area (Å²) in [7, 11) is 1.91. The summed E-state index contributed by atoms with van der Waals surface area (Å²) in [5, 5.41) is 5.03. The summed E-state index contributed by atoms with van der Waals surface area (Å²) in [5.41, 5.74) is 1.55. The molecule has 0 radical (unpaired) electrons. The van der Waals surface area contributed by atoms with Crippen LogP contribution in [0.25, 0.3) is 10.9 Å². The predicted octanol–water partition coefficient (Wildman–Crippen LogP) is 2.84. The van der Waals surface area contributed by atoms with Gasteiger partial charge in [-0.2, -0.15) is 5.10 Å². The van der Waals surface area contributed by atoms with Gasteiger partial charge in [-0.1, -0.05) is 6.07 Å². The highest BCUT2D eigenvalue weighted by molar-refractivity contribution is 5.89. The number of hydrogen-bond acceptors (Lipinski definition) is 4. The second-order valence-electron chi connectivity index (χ2n) is 5.63. The van der Waals surface area contributed by atoms with Gasteiger partial charge in [-0.3, -0.25) is 4.68 Å². The highest BCUT2D eigenvalue weighted by Crippen LogP contribution is 2.37. The fraction of sp³-hybridized carbons (Fsp3) is 0.312. The van der Waals surface area contributed by atoms with Crippen LogP contribution < -0.4 is 4.90 Å². The normalized spacial score (nSPS) is 18.3. The molecule has 4 rings (SSSR count). The molecule has 0 aliphatic carbocycles. The average molecular weight is 297 g/mol. The summed E-state index contributed by atoms with van der Waals surface area (Å²) >= 11 is 0. The predicted molar refractivity (Wildman–Crippen MR) is 82.0 cm³/mol. The van der Waals surface area contributed by atoms with Gasteiger partial charge >= 0.3 is 0 Å². The van der Waals surface area contributed by atoms with E-state index in [1.807, 2.05) is 30.2 Å². The first kappa shape index (κ1) is 13.2. The molecule has 3 heterocycles. The Morgan fingerprint density at radius 3 is 3.00 bits per heavy atom.